The summed E-state index contributed by atoms with van der Waals surface area (Å²) in [5.74, 6) is 0. The second-order valence-electron chi connectivity index (χ2n) is 4.61. The Balaban J connectivity index is 1.88. The zero-order chi connectivity index (χ0) is 15.1. The molecule has 2 N–H and O–H groups in total. The molecular formula is C14H19N3O4. The predicted molar refractivity (Wildman–Crippen MR) is 77.1 cm³/mol. The van der Waals surface area contributed by atoms with Gasteiger partial charge in [-0.2, -0.15) is 0 Å². The summed E-state index contributed by atoms with van der Waals surface area (Å²) in [6, 6.07) is 7.08. The third-order valence-electron chi connectivity index (χ3n) is 2.99. The number of cyclic esters (lactones) is 1. The second kappa shape index (κ2) is 7.49. The molecule has 1 aliphatic heterocycles. The molecule has 0 atom stereocenters. The Labute approximate surface area is 123 Å². The van der Waals surface area contributed by atoms with E-state index < -0.39 is 0 Å². The van der Waals surface area contributed by atoms with Gasteiger partial charge in [-0.05, 0) is 17.7 Å². The van der Waals surface area contributed by atoms with Gasteiger partial charge in [0.1, 0.15) is 6.61 Å². The van der Waals surface area contributed by atoms with Gasteiger partial charge in [0.15, 0.2) is 0 Å². The molecule has 0 aliphatic carbocycles. The van der Waals surface area contributed by atoms with E-state index in [0.29, 0.717) is 38.5 Å². The standard InChI is InChI=1S/C14H19N3O4/c1-20-7-5-15-13(18)16-12-4-2-3-11(9-12)10-17-6-8-21-14(17)19/h2-4,9H,5-8,10H2,1H3,(H2,15,16,18). The Kier molecular flexibility index (Phi) is 5.39. The molecule has 114 valence electrons. The summed E-state index contributed by atoms with van der Waals surface area (Å²) >= 11 is 0. The van der Waals surface area contributed by atoms with Crippen molar-refractivity contribution in [2.24, 2.45) is 0 Å². The molecule has 0 radical (unpaired) electrons. The van der Waals surface area contributed by atoms with Gasteiger partial charge < -0.3 is 25.0 Å². The number of carbonyl (C=O) groups excluding carboxylic acids is 2. The quantitative estimate of drug-likeness (QED) is 0.777. The van der Waals surface area contributed by atoms with Crippen molar-refractivity contribution >= 4 is 17.8 Å². The number of anilines is 1. The molecule has 1 heterocycles. The molecule has 0 aromatic heterocycles. The Morgan fingerprint density at radius 2 is 2.33 bits per heavy atom. The number of carbonyl (C=O) groups is 2. The minimum Gasteiger partial charge on any atom is -0.448 e. The van der Waals surface area contributed by atoms with Crippen molar-refractivity contribution in [2.75, 3.05) is 38.7 Å². The third kappa shape index (κ3) is 4.64. The molecule has 1 aromatic carbocycles. The molecule has 0 bridgehead atoms. The van der Waals surface area contributed by atoms with Crippen LogP contribution in [0, 0.1) is 0 Å². The molecule has 7 heteroatoms. The highest BCUT2D eigenvalue weighted by atomic mass is 16.6. The first-order valence-corrected chi connectivity index (χ1v) is 6.73. The van der Waals surface area contributed by atoms with Gasteiger partial charge in [0, 0.05) is 25.9 Å². The smallest absolute Gasteiger partial charge is 0.410 e. The largest absolute Gasteiger partial charge is 0.448 e. The summed E-state index contributed by atoms with van der Waals surface area (Å²) in [6.45, 7) is 2.40. The van der Waals surface area contributed by atoms with Crippen LogP contribution in [-0.2, 0) is 16.0 Å². The molecule has 0 saturated carbocycles. The van der Waals surface area contributed by atoms with E-state index in [0.717, 1.165) is 5.56 Å². The molecule has 0 spiro atoms. The van der Waals surface area contributed by atoms with Gasteiger partial charge in [-0.15, -0.1) is 0 Å². The van der Waals surface area contributed by atoms with Crippen LogP contribution in [0.4, 0.5) is 15.3 Å². The van der Waals surface area contributed by atoms with Crippen LogP contribution < -0.4 is 10.6 Å². The van der Waals surface area contributed by atoms with E-state index in [1.54, 1.807) is 18.1 Å². The normalized spacial score (nSPS) is 14.0. The molecule has 1 aliphatic rings. The Hall–Kier alpha value is -2.28. The van der Waals surface area contributed by atoms with Crippen LogP contribution in [0.25, 0.3) is 0 Å². The first-order valence-electron chi connectivity index (χ1n) is 6.73. The van der Waals surface area contributed by atoms with Gasteiger partial charge >= 0.3 is 12.1 Å². The Bertz CT molecular complexity index is 507. The fourth-order valence-electron chi connectivity index (χ4n) is 1.98. The average molecular weight is 293 g/mol. The van der Waals surface area contributed by atoms with E-state index in [-0.39, 0.29) is 12.1 Å². The predicted octanol–water partition coefficient (Wildman–Crippen LogP) is 1.41. The lowest BCUT2D eigenvalue weighted by atomic mass is 10.2. The molecule has 3 amide bonds. The van der Waals surface area contributed by atoms with Crippen molar-refractivity contribution in [1.29, 1.82) is 0 Å². The van der Waals surface area contributed by atoms with Gasteiger partial charge in [-0.1, -0.05) is 12.1 Å². The maximum Gasteiger partial charge on any atom is 0.410 e. The molecular weight excluding hydrogens is 274 g/mol. The fourth-order valence-corrected chi connectivity index (χ4v) is 1.98. The molecule has 0 unspecified atom stereocenters. The summed E-state index contributed by atoms with van der Waals surface area (Å²) < 4.78 is 9.74. The highest BCUT2D eigenvalue weighted by Crippen LogP contribution is 2.15. The lowest BCUT2D eigenvalue weighted by molar-refractivity contribution is 0.157. The lowest BCUT2D eigenvalue weighted by Crippen LogP contribution is -2.31. The number of nitrogens with one attached hydrogen (secondary N) is 2. The van der Waals surface area contributed by atoms with E-state index in [1.165, 1.54) is 0 Å². The van der Waals surface area contributed by atoms with Gasteiger partial charge in [-0.3, -0.25) is 0 Å². The number of nitrogens with zero attached hydrogens (tertiary/aromatic N) is 1. The highest BCUT2D eigenvalue weighted by Gasteiger charge is 2.21. The summed E-state index contributed by atoms with van der Waals surface area (Å²) in [7, 11) is 1.58. The maximum atomic E-state index is 11.6. The summed E-state index contributed by atoms with van der Waals surface area (Å²) in [5.41, 5.74) is 1.61. The zero-order valence-electron chi connectivity index (χ0n) is 11.9. The average Bonchev–Trinajstić information content (AvgIpc) is 2.85. The number of amides is 3. The van der Waals surface area contributed by atoms with Crippen LogP contribution in [0.15, 0.2) is 24.3 Å². The number of hydrogen-bond acceptors (Lipinski definition) is 4. The zero-order valence-corrected chi connectivity index (χ0v) is 11.9. The SMILES string of the molecule is COCCNC(=O)Nc1cccc(CN2CCOC2=O)c1. The molecule has 1 fully saturated rings. The van der Waals surface area contributed by atoms with Crippen molar-refractivity contribution in [3.63, 3.8) is 0 Å². The number of urea groups is 1. The van der Waals surface area contributed by atoms with Crippen molar-refractivity contribution < 1.29 is 19.1 Å². The third-order valence-corrected chi connectivity index (χ3v) is 2.99. The Morgan fingerprint density at radius 1 is 1.48 bits per heavy atom. The Morgan fingerprint density at radius 3 is 3.05 bits per heavy atom. The summed E-state index contributed by atoms with van der Waals surface area (Å²) in [6.07, 6.45) is -0.300. The highest BCUT2D eigenvalue weighted by molar-refractivity contribution is 5.89. The lowest BCUT2D eigenvalue weighted by Gasteiger charge is -2.13. The maximum absolute atomic E-state index is 11.6. The van der Waals surface area contributed by atoms with Crippen molar-refractivity contribution in [2.45, 2.75) is 6.54 Å². The monoisotopic (exact) mass is 293 g/mol. The van der Waals surface area contributed by atoms with Crippen molar-refractivity contribution in [3.05, 3.63) is 29.8 Å². The van der Waals surface area contributed by atoms with E-state index in [1.807, 2.05) is 18.2 Å². The van der Waals surface area contributed by atoms with Gasteiger partial charge in [0.05, 0.1) is 13.2 Å². The topological polar surface area (TPSA) is 79.9 Å². The first kappa shape index (κ1) is 15.1. The minimum atomic E-state index is -0.300. The number of benzene rings is 1. The van der Waals surface area contributed by atoms with E-state index in [4.69, 9.17) is 9.47 Å². The van der Waals surface area contributed by atoms with Crippen LogP contribution in [0.5, 0.6) is 0 Å². The second-order valence-corrected chi connectivity index (χ2v) is 4.61. The van der Waals surface area contributed by atoms with Crippen LogP contribution in [0.2, 0.25) is 0 Å². The van der Waals surface area contributed by atoms with E-state index >= 15 is 0 Å². The molecule has 7 nitrogen and oxygen atoms in total. The van der Waals surface area contributed by atoms with Crippen LogP contribution in [0.3, 0.4) is 0 Å². The van der Waals surface area contributed by atoms with Gasteiger partial charge in [-0.25, -0.2) is 9.59 Å². The number of methoxy groups -OCH3 is 1. The number of ether oxygens (including phenoxy) is 2. The molecule has 1 aromatic rings. The van der Waals surface area contributed by atoms with Crippen molar-refractivity contribution in [3.8, 4) is 0 Å². The van der Waals surface area contributed by atoms with Crippen LogP contribution in [0.1, 0.15) is 5.56 Å². The van der Waals surface area contributed by atoms with Crippen LogP contribution in [-0.4, -0.2) is 50.4 Å². The first-order chi connectivity index (χ1) is 10.2. The summed E-state index contributed by atoms with van der Waals surface area (Å²) in [4.78, 5) is 24.7. The molecule has 1 saturated heterocycles. The summed E-state index contributed by atoms with van der Waals surface area (Å²) in [5, 5.41) is 5.41. The van der Waals surface area contributed by atoms with Gasteiger partial charge in [0.25, 0.3) is 0 Å². The molecule has 21 heavy (non-hydrogen) atoms. The number of rotatable bonds is 6. The van der Waals surface area contributed by atoms with Gasteiger partial charge in [0.2, 0.25) is 0 Å². The fraction of sp³-hybridized carbons (Fsp3) is 0.429. The van der Waals surface area contributed by atoms with E-state index in [2.05, 4.69) is 10.6 Å². The number of hydrogen-bond donors (Lipinski definition) is 2. The minimum absolute atomic E-state index is 0.287. The van der Waals surface area contributed by atoms with Crippen LogP contribution >= 0.6 is 0 Å². The van der Waals surface area contributed by atoms with Crippen molar-refractivity contribution in [1.82, 2.24) is 10.2 Å². The molecule has 2 rings (SSSR count). The van der Waals surface area contributed by atoms with E-state index in [9.17, 15) is 9.59 Å².